The predicted octanol–water partition coefficient (Wildman–Crippen LogP) is 4.19. The maximum atomic E-state index is 12.9. The maximum Gasteiger partial charge on any atom is 0.318 e. The Kier molecular flexibility index (Phi) is 9.28. The molecule has 214 valence electrons. The van der Waals surface area contributed by atoms with Crippen molar-refractivity contribution >= 4 is 18.2 Å². The minimum absolute atomic E-state index is 0.000919. The van der Waals surface area contributed by atoms with E-state index in [2.05, 4.69) is 38.8 Å². The molecule has 0 radical (unpaired) electrons. The van der Waals surface area contributed by atoms with Crippen molar-refractivity contribution in [1.29, 1.82) is 0 Å². The second-order valence-electron chi connectivity index (χ2n) is 11.0. The highest BCUT2D eigenvalue weighted by Crippen LogP contribution is 2.32. The SMILES string of the molecule is CC(C)OC1CN(C(=O)NC2CCCCc3cc(-c4ccnc(NC(C=NC5CCOCC5)=CN)n4)ccc32)C1. The average molecular weight is 548 g/mol. The third kappa shape index (κ3) is 7.17. The molecule has 4 N–H and O–H groups in total. The van der Waals surface area contributed by atoms with E-state index in [0.29, 0.717) is 24.7 Å². The third-order valence-electron chi connectivity index (χ3n) is 7.61. The largest absolute Gasteiger partial charge is 0.403 e. The number of aliphatic imine (C=N–C) groups is 1. The van der Waals surface area contributed by atoms with Crippen molar-refractivity contribution in [2.45, 2.75) is 76.7 Å². The van der Waals surface area contributed by atoms with E-state index in [1.165, 1.54) is 17.3 Å². The van der Waals surface area contributed by atoms with E-state index in [1.54, 1.807) is 12.4 Å². The molecule has 1 aromatic heterocycles. The van der Waals surface area contributed by atoms with Gasteiger partial charge in [-0.25, -0.2) is 14.8 Å². The second-order valence-corrected chi connectivity index (χ2v) is 11.0. The van der Waals surface area contributed by atoms with Crippen LogP contribution in [0.15, 0.2) is 47.4 Å². The number of hydrogen-bond acceptors (Lipinski definition) is 8. The molecule has 1 atom stereocenters. The molecule has 2 fully saturated rings. The van der Waals surface area contributed by atoms with E-state index in [1.807, 2.05) is 24.8 Å². The molecule has 5 rings (SSSR count). The number of fused-ring (bicyclic) bond motifs is 1. The lowest BCUT2D eigenvalue weighted by atomic mass is 9.95. The van der Waals surface area contributed by atoms with Crippen LogP contribution in [0.4, 0.5) is 10.7 Å². The molecule has 10 heteroatoms. The Hall–Kier alpha value is -3.50. The summed E-state index contributed by atoms with van der Waals surface area (Å²) in [5.41, 5.74) is 10.8. The number of amides is 2. The van der Waals surface area contributed by atoms with Crippen molar-refractivity contribution in [2.24, 2.45) is 10.7 Å². The van der Waals surface area contributed by atoms with Crippen LogP contribution in [0, 0.1) is 0 Å². The van der Waals surface area contributed by atoms with Gasteiger partial charge in [0, 0.05) is 37.4 Å². The van der Waals surface area contributed by atoms with Gasteiger partial charge in [-0.1, -0.05) is 18.6 Å². The summed E-state index contributed by atoms with van der Waals surface area (Å²) in [5, 5.41) is 6.47. The Bertz CT molecular complexity index is 1220. The zero-order valence-corrected chi connectivity index (χ0v) is 23.5. The van der Waals surface area contributed by atoms with Gasteiger partial charge >= 0.3 is 6.03 Å². The monoisotopic (exact) mass is 547 g/mol. The lowest BCUT2D eigenvalue weighted by Crippen LogP contribution is -2.58. The first-order valence-electron chi connectivity index (χ1n) is 14.5. The van der Waals surface area contributed by atoms with Crippen LogP contribution in [0.3, 0.4) is 0 Å². The fourth-order valence-corrected chi connectivity index (χ4v) is 5.45. The van der Waals surface area contributed by atoms with Crippen molar-refractivity contribution in [3.8, 4) is 11.3 Å². The average Bonchev–Trinajstić information content (AvgIpc) is 3.14. The highest BCUT2D eigenvalue weighted by molar-refractivity contribution is 5.82. The van der Waals surface area contributed by atoms with E-state index in [-0.39, 0.29) is 30.3 Å². The number of aromatic nitrogens is 2. The Morgan fingerprint density at radius 2 is 2.02 bits per heavy atom. The van der Waals surface area contributed by atoms with Gasteiger partial charge < -0.3 is 30.7 Å². The molecule has 2 amide bonds. The number of carbonyl (C=O) groups is 1. The number of urea groups is 1. The van der Waals surface area contributed by atoms with Gasteiger partial charge in [0.15, 0.2) is 0 Å². The number of nitrogens with one attached hydrogen (secondary N) is 2. The van der Waals surface area contributed by atoms with Gasteiger partial charge in [0.05, 0.1) is 48.8 Å². The maximum absolute atomic E-state index is 12.9. The van der Waals surface area contributed by atoms with E-state index < -0.39 is 0 Å². The van der Waals surface area contributed by atoms with Crippen molar-refractivity contribution in [3.05, 3.63) is 53.5 Å². The Morgan fingerprint density at radius 3 is 2.80 bits per heavy atom. The van der Waals surface area contributed by atoms with Crippen LogP contribution in [-0.2, 0) is 15.9 Å². The molecule has 3 heterocycles. The van der Waals surface area contributed by atoms with Crippen molar-refractivity contribution in [2.75, 3.05) is 31.6 Å². The van der Waals surface area contributed by atoms with Gasteiger partial charge in [0.25, 0.3) is 0 Å². The molecular weight excluding hydrogens is 506 g/mol. The number of aryl methyl sites for hydroxylation is 1. The van der Waals surface area contributed by atoms with Gasteiger partial charge in [-0.2, -0.15) is 0 Å². The van der Waals surface area contributed by atoms with Crippen LogP contribution in [0.2, 0.25) is 0 Å². The number of carbonyl (C=O) groups excluding carboxylic acids is 1. The van der Waals surface area contributed by atoms with Crippen LogP contribution in [0.5, 0.6) is 0 Å². The zero-order chi connectivity index (χ0) is 27.9. The minimum atomic E-state index is -0.0128. The smallest absolute Gasteiger partial charge is 0.318 e. The normalized spacial score (nSPS) is 20.7. The number of nitrogens with zero attached hydrogens (tertiary/aromatic N) is 4. The van der Waals surface area contributed by atoms with Crippen molar-refractivity contribution in [1.82, 2.24) is 20.2 Å². The van der Waals surface area contributed by atoms with Crippen LogP contribution in [0.1, 0.15) is 63.1 Å². The molecule has 40 heavy (non-hydrogen) atoms. The minimum Gasteiger partial charge on any atom is -0.403 e. The fourth-order valence-electron chi connectivity index (χ4n) is 5.45. The summed E-state index contributed by atoms with van der Waals surface area (Å²) < 4.78 is 11.2. The summed E-state index contributed by atoms with van der Waals surface area (Å²) in [6, 6.07) is 8.56. The number of allylic oxidation sites excluding steroid dienone is 1. The summed E-state index contributed by atoms with van der Waals surface area (Å²) in [4.78, 5) is 28.5. The van der Waals surface area contributed by atoms with E-state index in [4.69, 9.17) is 20.2 Å². The Balaban J connectivity index is 1.25. The molecule has 2 saturated heterocycles. The van der Waals surface area contributed by atoms with Crippen LogP contribution in [-0.4, -0.2) is 71.7 Å². The highest BCUT2D eigenvalue weighted by atomic mass is 16.5. The molecule has 0 saturated carbocycles. The standard InChI is InChI=1S/C30H41N7O3/c1-20(2)40-25-18-37(19-25)30(38)36-28-6-4-3-5-21-15-22(7-8-26(21)28)27-9-12-32-29(35-27)34-24(16-31)17-33-23-10-13-39-14-11-23/h7-9,12,15-17,20,23,25,28H,3-6,10-11,13-14,18-19,31H2,1-2H3,(H,36,38)(H,32,34,35). The summed E-state index contributed by atoms with van der Waals surface area (Å²) in [5.74, 6) is 0.460. The number of hydrogen-bond donors (Lipinski definition) is 3. The van der Waals surface area contributed by atoms with Crippen LogP contribution < -0.4 is 16.4 Å². The van der Waals surface area contributed by atoms with Crippen molar-refractivity contribution < 1.29 is 14.3 Å². The van der Waals surface area contributed by atoms with Gasteiger partial charge in [0.1, 0.15) is 0 Å². The molecule has 2 aliphatic heterocycles. The van der Waals surface area contributed by atoms with E-state index in [9.17, 15) is 4.79 Å². The van der Waals surface area contributed by atoms with Gasteiger partial charge in [-0.05, 0) is 69.2 Å². The molecule has 3 aliphatic rings. The Labute approximate surface area is 236 Å². The summed E-state index contributed by atoms with van der Waals surface area (Å²) in [6.45, 7) is 6.82. The third-order valence-corrected chi connectivity index (χ3v) is 7.61. The topological polar surface area (TPSA) is 127 Å². The van der Waals surface area contributed by atoms with E-state index in [0.717, 1.165) is 63.0 Å². The quantitative estimate of drug-likeness (QED) is 0.334. The number of rotatable bonds is 8. The van der Waals surface area contributed by atoms with Gasteiger partial charge in [-0.3, -0.25) is 4.99 Å². The molecule has 2 aromatic rings. The summed E-state index contributed by atoms with van der Waals surface area (Å²) in [7, 11) is 0. The predicted molar refractivity (Wildman–Crippen MR) is 156 cm³/mol. The summed E-state index contributed by atoms with van der Waals surface area (Å²) >= 11 is 0. The first kappa shape index (κ1) is 28.0. The van der Waals surface area contributed by atoms with Crippen LogP contribution in [0.25, 0.3) is 11.3 Å². The number of ether oxygens (including phenoxy) is 2. The highest BCUT2D eigenvalue weighted by Gasteiger charge is 2.33. The lowest BCUT2D eigenvalue weighted by molar-refractivity contribution is -0.0644. The zero-order valence-electron chi connectivity index (χ0n) is 23.5. The lowest BCUT2D eigenvalue weighted by Gasteiger charge is -2.40. The molecule has 0 bridgehead atoms. The first-order valence-corrected chi connectivity index (χ1v) is 14.5. The van der Waals surface area contributed by atoms with Crippen molar-refractivity contribution in [3.63, 3.8) is 0 Å². The van der Waals surface area contributed by atoms with Crippen LogP contribution >= 0.6 is 0 Å². The first-order chi connectivity index (χ1) is 19.5. The number of likely N-dealkylation sites (tertiary alicyclic amines) is 1. The molecule has 1 aliphatic carbocycles. The molecule has 1 unspecified atom stereocenters. The van der Waals surface area contributed by atoms with E-state index >= 15 is 0 Å². The van der Waals surface area contributed by atoms with Gasteiger partial charge in [-0.15, -0.1) is 0 Å². The number of nitrogens with two attached hydrogens (primary N) is 1. The fraction of sp³-hybridized carbons (Fsp3) is 0.533. The molecule has 0 spiro atoms. The molecular formula is C30H41N7O3. The summed E-state index contributed by atoms with van der Waals surface area (Å²) in [6.07, 6.45) is 11.2. The second kappa shape index (κ2) is 13.2. The molecule has 1 aromatic carbocycles. The number of benzene rings is 1. The molecule has 10 nitrogen and oxygen atoms in total. The Morgan fingerprint density at radius 1 is 1.20 bits per heavy atom. The number of anilines is 1. The van der Waals surface area contributed by atoms with Gasteiger partial charge in [0.2, 0.25) is 5.95 Å².